The summed E-state index contributed by atoms with van der Waals surface area (Å²) in [7, 11) is 1.86. The van der Waals surface area contributed by atoms with E-state index in [1.807, 2.05) is 48.1 Å². The van der Waals surface area contributed by atoms with Crippen LogP contribution in [0.4, 0.5) is 0 Å². The highest BCUT2D eigenvalue weighted by atomic mass is 16.1. The normalized spacial score (nSPS) is 11.1. The van der Waals surface area contributed by atoms with Gasteiger partial charge in [-0.2, -0.15) is 5.10 Å². The molecule has 0 fully saturated rings. The molecule has 4 rings (SSSR count). The molecule has 28 heavy (non-hydrogen) atoms. The molecule has 4 aromatic rings. The summed E-state index contributed by atoms with van der Waals surface area (Å²) in [6.07, 6.45) is 4.47. The molecule has 1 amide bonds. The maximum absolute atomic E-state index is 12.5. The van der Waals surface area contributed by atoms with Gasteiger partial charge < -0.3 is 9.72 Å². The third kappa shape index (κ3) is 3.41. The molecule has 0 spiro atoms. The fourth-order valence-corrected chi connectivity index (χ4v) is 3.31. The summed E-state index contributed by atoms with van der Waals surface area (Å²) < 4.78 is 3.78. The van der Waals surface area contributed by atoms with E-state index in [0.717, 1.165) is 22.6 Å². The highest BCUT2D eigenvalue weighted by Gasteiger charge is 2.14. The molecule has 0 aliphatic rings. The molecule has 0 aliphatic heterocycles. The highest BCUT2D eigenvalue weighted by Crippen LogP contribution is 2.22. The average molecular weight is 373 g/mol. The molecule has 1 aromatic carbocycles. The van der Waals surface area contributed by atoms with Gasteiger partial charge in [0.25, 0.3) is 5.91 Å². The van der Waals surface area contributed by atoms with Crippen LogP contribution in [0.15, 0.2) is 54.9 Å². The second kappa shape index (κ2) is 7.31. The van der Waals surface area contributed by atoms with Gasteiger partial charge in [-0.3, -0.25) is 9.48 Å². The Labute approximate surface area is 163 Å². The summed E-state index contributed by atoms with van der Waals surface area (Å²) in [6.45, 7) is 4.68. The standard InChI is InChI=1S/C22H23N5O/c1-15-7-8-17(12-16(15)2)20-13-19(25-26(20)3)22(28)23-10-9-21-24-14-18-6-4-5-11-27(18)21/h4-8,11-14H,9-10H2,1-3H3,(H,23,28). The number of pyridine rings is 1. The number of nitrogens with zero attached hydrogens (tertiary/aromatic N) is 4. The topological polar surface area (TPSA) is 64.2 Å². The molecule has 0 saturated carbocycles. The van der Waals surface area contributed by atoms with Gasteiger partial charge in [0.15, 0.2) is 5.69 Å². The molecular weight excluding hydrogens is 350 g/mol. The van der Waals surface area contributed by atoms with E-state index in [4.69, 9.17) is 0 Å². The van der Waals surface area contributed by atoms with Gasteiger partial charge in [-0.05, 0) is 49.2 Å². The minimum atomic E-state index is -0.174. The van der Waals surface area contributed by atoms with Gasteiger partial charge in [-0.25, -0.2) is 4.98 Å². The third-order valence-electron chi connectivity index (χ3n) is 5.06. The first kappa shape index (κ1) is 18.0. The Bertz CT molecular complexity index is 1150. The van der Waals surface area contributed by atoms with E-state index in [1.165, 1.54) is 11.1 Å². The van der Waals surface area contributed by atoms with E-state index in [9.17, 15) is 4.79 Å². The number of imidazole rings is 1. The van der Waals surface area contributed by atoms with Crippen LogP contribution < -0.4 is 5.32 Å². The maximum atomic E-state index is 12.5. The van der Waals surface area contributed by atoms with Gasteiger partial charge >= 0.3 is 0 Å². The van der Waals surface area contributed by atoms with Crippen molar-refractivity contribution in [3.8, 4) is 11.3 Å². The Morgan fingerprint density at radius 2 is 1.96 bits per heavy atom. The van der Waals surface area contributed by atoms with E-state index in [0.29, 0.717) is 18.7 Å². The first-order valence-electron chi connectivity index (χ1n) is 9.34. The molecule has 0 radical (unpaired) electrons. The zero-order chi connectivity index (χ0) is 19.7. The molecule has 3 aromatic heterocycles. The van der Waals surface area contributed by atoms with E-state index >= 15 is 0 Å². The van der Waals surface area contributed by atoms with Crippen LogP contribution in [-0.2, 0) is 13.5 Å². The average Bonchev–Trinajstić information content (AvgIpc) is 3.28. The van der Waals surface area contributed by atoms with Gasteiger partial charge in [0.05, 0.1) is 17.4 Å². The quantitative estimate of drug-likeness (QED) is 0.584. The van der Waals surface area contributed by atoms with Crippen LogP contribution >= 0.6 is 0 Å². The Morgan fingerprint density at radius 1 is 1.11 bits per heavy atom. The lowest BCUT2D eigenvalue weighted by Crippen LogP contribution is -2.26. The molecule has 0 saturated heterocycles. The minimum absolute atomic E-state index is 0.174. The molecule has 6 heteroatoms. The van der Waals surface area contributed by atoms with Crippen molar-refractivity contribution in [3.63, 3.8) is 0 Å². The van der Waals surface area contributed by atoms with Gasteiger partial charge in [0.1, 0.15) is 5.82 Å². The number of aryl methyl sites for hydroxylation is 3. The summed E-state index contributed by atoms with van der Waals surface area (Å²) in [5.74, 6) is 0.749. The molecule has 6 nitrogen and oxygen atoms in total. The molecule has 0 atom stereocenters. The number of hydrogen-bond acceptors (Lipinski definition) is 3. The number of amides is 1. The smallest absolute Gasteiger partial charge is 0.271 e. The number of benzene rings is 1. The number of nitrogens with one attached hydrogen (secondary N) is 1. The van der Waals surface area contributed by atoms with E-state index in [-0.39, 0.29) is 5.91 Å². The van der Waals surface area contributed by atoms with Gasteiger partial charge in [0, 0.05) is 31.8 Å². The van der Waals surface area contributed by atoms with Crippen LogP contribution in [0.1, 0.15) is 27.4 Å². The Morgan fingerprint density at radius 3 is 2.79 bits per heavy atom. The Balaban J connectivity index is 1.44. The van der Waals surface area contributed by atoms with Gasteiger partial charge in [-0.15, -0.1) is 0 Å². The number of hydrogen-bond donors (Lipinski definition) is 1. The Hall–Kier alpha value is -3.41. The second-order valence-corrected chi connectivity index (χ2v) is 7.01. The van der Waals surface area contributed by atoms with Crippen LogP contribution in [0.3, 0.4) is 0 Å². The molecule has 3 heterocycles. The molecular formula is C22H23N5O. The predicted octanol–water partition coefficient (Wildman–Crippen LogP) is 3.32. The van der Waals surface area contributed by atoms with Crippen molar-refractivity contribution in [1.82, 2.24) is 24.5 Å². The highest BCUT2D eigenvalue weighted by molar-refractivity contribution is 5.93. The SMILES string of the molecule is Cc1ccc(-c2cc(C(=O)NCCc3ncc4ccccn34)nn2C)cc1C. The number of fused-ring (bicyclic) bond motifs is 1. The lowest BCUT2D eigenvalue weighted by molar-refractivity contribution is 0.0948. The van der Waals surface area contributed by atoms with Crippen molar-refractivity contribution in [2.75, 3.05) is 6.54 Å². The summed E-state index contributed by atoms with van der Waals surface area (Å²) >= 11 is 0. The van der Waals surface area contributed by atoms with Crippen LogP contribution in [-0.4, -0.2) is 31.6 Å². The minimum Gasteiger partial charge on any atom is -0.350 e. The van der Waals surface area contributed by atoms with E-state index < -0.39 is 0 Å². The maximum Gasteiger partial charge on any atom is 0.271 e. The van der Waals surface area contributed by atoms with E-state index in [2.05, 4.69) is 47.4 Å². The number of carbonyl (C=O) groups excluding carboxylic acids is 1. The molecule has 0 unspecified atom stereocenters. The lowest BCUT2D eigenvalue weighted by Gasteiger charge is -2.05. The molecule has 0 aliphatic carbocycles. The van der Waals surface area contributed by atoms with Crippen molar-refractivity contribution in [1.29, 1.82) is 0 Å². The Kier molecular flexibility index (Phi) is 4.69. The second-order valence-electron chi connectivity index (χ2n) is 7.01. The number of aromatic nitrogens is 4. The zero-order valence-corrected chi connectivity index (χ0v) is 16.3. The first-order chi connectivity index (χ1) is 13.5. The van der Waals surface area contributed by atoms with Crippen molar-refractivity contribution >= 4 is 11.4 Å². The summed E-state index contributed by atoms with van der Waals surface area (Å²) in [5.41, 5.74) is 5.91. The fourth-order valence-electron chi connectivity index (χ4n) is 3.31. The fraction of sp³-hybridized carbons (Fsp3) is 0.227. The lowest BCUT2D eigenvalue weighted by atomic mass is 10.0. The molecule has 142 valence electrons. The van der Waals surface area contributed by atoms with Gasteiger partial charge in [-0.1, -0.05) is 18.2 Å². The number of rotatable bonds is 5. The summed E-state index contributed by atoms with van der Waals surface area (Å²) in [4.78, 5) is 17.0. The van der Waals surface area contributed by atoms with Crippen molar-refractivity contribution in [2.45, 2.75) is 20.3 Å². The van der Waals surface area contributed by atoms with Crippen molar-refractivity contribution < 1.29 is 4.79 Å². The number of carbonyl (C=O) groups is 1. The van der Waals surface area contributed by atoms with Crippen LogP contribution in [0.2, 0.25) is 0 Å². The zero-order valence-electron chi connectivity index (χ0n) is 16.3. The molecule has 0 bridgehead atoms. The summed E-state index contributed by atoms with van der Waals surface area (Å²) in [6, 6.07) is 14.1. The third-order valence-corrected chi connectivity index (χ3v) is 5.06. The molecule has 1 N–H and O–H groups in total. The van der Waals surface area contributed by atoms with Crippen molar-refractivity contribution in [2.24, 2.45) is 7.05 Å². The van der Waals surface area contributed by atoms with Crippen LogP contribution in [0, 0.1) is 13.8 Å². The predicted molar refractivity (Wildman–Crippen MR) is 109 cm³/mol. The van der Waals surface area contributed by atoms with Crippen molar-refractivity contribution in [3.05, 3.63) is 77.5 Å². The van der Waals surface area contributed by atoms with E-state index in [1.54, 1.807) is 4.68 Å². The summed E-state index contributed by atoms with van der Waals surface area (Å²) in [5, 5.41) is 7.33. The van der Waals surface area contributed by atoms with Gasteiger partial charge in [0.2, 0.25) is 0 Å². The van der Waals surface area contributed by atoms with Crippen LogP contribution in [0.5, 0.6) is 0 Å². The largest absolute Gasteiger partial charge is 0.350 e. The monoisotopic (exact) mass is 373 g/mol. The first-order valence-corrected chi connectivity index (χ1v) is 9.34. The van der Waals surface area contributed by atoms with Crippen LogP contribution in [0.25, 0.3) is 16.8 Å².